The van der Waals surface area contributed by atoms with Gasteiger partial charge < -0.3 is 4.74 Å². The highest BCUT2D eigenvalue weighted by molar-refractivity contribution is 6.40. The summed E-state index contributed by atoms with van der Waals surface area (Å²) in [5, 5.41) is 8.82. The molecule has 0 aliphatic carbocycles. The second-order valence-electron chi connectivity index (χ2n) is 4.57. The topological polar surface area (TPSA) is 80.1 Å². The molecule has 108 valence electrons. The molecule has 0 aliphatic rings. The summed E-state index contributed by atoms with van der Waals surface area (Å²) in [6, 6.07) is 4.47. The van der Waals surface area contributed by atoms with Gasteiger partial charge in [-0.3, -0.25) is 4.79 Å². The zero-order chi connectivity index (χ0) is 15.8. The maximum Gasteiger partial charge on any atom is 0.345 e. The van der Waals surface area contributed by atoms with Gasteiger partial charge in [0, 0.05) is 6.20 Å². The van der Waals surface area contributed by atoms with E-state index in [-0.39, 0.29) is 16.6 Å². The third-order valence-corrected chi connectivity index (χ3v) is 1.91. The Morgan fingerprint density at radius 2 is 1.95 bits per heavy atom. The van der Waals surface area contributed by atoms with E-state index < -0.39 is 17.4 Å². The highest BCUT2D eigenvalue weighted by atomic mass is 35.5. The molecule has 1 aromatic rings. The van der Waals surface area contributed by atoms with E-state index in [1.807, 2.05) is 0 Å². The number of rotatable bonds is 1. The number of esters is 2. The molecule has 7 heteroatoms. The van der Waals surface area contributed by atoms with Crippen molar-refractivity contribution < 1.29 is 14.3 Å². The molecule has 0 fully saturated rings. The van der Waals surface area contributed by atoms with Crippen LogP contribution in [0.5, 0.6) is 0 Å². The van der Waals surface area contributed by atoms with E-state index in [2.05, 4.69) is 9.72 Å². The Kier molecular flexibility index (Phi) is 7.82. The molecule has 0 radical (unpaired) electrons. The number of ether oxygens (including phenoxy) is 1. The summed E-state index contributed by atoms with van der Waals surface area (Å²) in [7, 11) is 0. The lowest BCUT2D eigenvalue weighted by atomic mass is 9.97. The number of alkyl halides is 2. The monoisotopic (exact) mass is 316 g/mol. The molecule has 0 aromatic carbocycles. The van der Waals surface area contributed by atoms with Crippen molar-refractivity contribution in [2.24, 2.45) is 5.41 Å². The number of hydrogen-bond donors (Lipinski definition) is 0. The van der Waals surface area contributed by atoms with Crippen molar-refractivity contribution >= 4 is 35.1 Å². The zero-order valence-corrected chi connectivity index (χ0v) is 12.8. The SMILES string of the molecule is CC(C)(C)C(=O)OC(=O)c1ccnc(C#N)c1.ClCCl. The molecule has 0 atom stereocenters. The minimum absolute atomic E-state index is 0.0997. The summed E-state index contributed by atoms with van der Waals surface area (Å²) in [5.74, 6) is -1.39. The van der Waals surface area contributed by atoms with Crippen LogP contribution in [0.2, 0.25) is 0 Å². The minimum atomic E-state index is -0.774. The van der Waals surface area contributed by atoms with Crippen LogP contribution in [0.1, 0.15) is 36.8 Å². The van der Waals surface area contributed by atoms with Crippen molar-refractivity contribution in [3.05, 3.63) is 29.6 Å². The molecule has 5 nitrogen and oxygen atoms in total. The van der Waals surface area contributed by atoms with E-state index >= 15 is 0 Å². The van der Waals surface area contributed by atoms with Gasteiger partial charge in [-0.2, -0.15) is 5.26 Å². The van der Waals surface area contributed by atoms with Gasteiger partial charge in [-0.1, -0.05) is 0 Å². The average molecular weight is 317 g/mol. The summed E-state index contributed by atoms with van der Waals surface area (Å²) in [6.07, 6.45) is 1.32. The number of pyridine rings is 1. The van der Waals surface area contributed by atoms with Gasteiger partial charge in [-0.15, -0.1) is 23.2 Å². The van der Waals surface area contributed by atoms with Crippen molar-refractivity contribution in [1.29, 1.82) is 5.26 Å². The summed E-state index contributed by atoms with van der Waals surface area (Å²) >= 11 is 9.53. The maximum absolute atomic E-state index is 11.6. The predicted molar refractivity (Wildman–Crippen MR) is 75.4 cm³/mol. The van der Waals surface area contributed by atoms with Crippen LogP contribution < -0.4 is 0 Å². The summed E-state index contributed by atoms with van der Waals surface area (Å²) in [6.45, 7) is 4.95. The molecular formula is C13H14Cl2N2O3. The van der Waals surface area contributed by atoms with Gasteiger partial charge in [0.25, 0.3) is 0 Å². The van der Waals surface area contributed by atoms with Crippen LogP contribution >= 0.6 is 23.2 Å². The lowest BCUT2D eigenvalue weighted by Gasteiger charge is -2.15. The second kappa shape index (κ2) is 8.51. The predicted octanol–water partition coefficient (Wildman–Crippen LogP) is 3.10. The first-order chi connectivity index (χ1) is 9.26. The molecule has 0 N–H and O–H groups in total. The van der Waals surface area contributed by atoms with E-state index in [0.29, 0.717) is 0 Å². The normalized spacial score (nSPS) is 9.80. The molecule has 1 aromatic heterocycles. The summed E-state index contributed by atoms with van der Waals surface area (Å²) in [4.78, 5) is 26.8. The molecule has 0 aliphatic heterocycles. The quantitative estimate of drug-likeness (QED) is 0.452. The van der Waals surface area contributed by atoms with E-state index in [0.717, 1.165) is 0 Å². The first kappa shape index (κ1) is 18.4. The molecule has 0 bridgehead atoms. The Morgan fingerprint density at radius 1 is 1.40 bits per heavy atom. The number of nitriles is 1. The molecule has 0 spiro atoms. The Labute approximate surface area is 127 Å². The second-order valence-corrected chi connectivity index (χ2v) is 5.38. The Balaban J connectivity index is 0.00000110. The van der Waals surface area contributed by atoms with Crippen LogP contribution in [0.25, 0.3) is 0 Å². The van der Waals surface area contributed by atoms with Gasteiger partial charge in [0.15, 0.2) is 0 Å². The smallest absolute Gasteiger partial charge is 0.345 e. The Bertz CT molecular complexity index is 519. The molecule has 0 saturated carbocycles. The van der Waals surface area contributed by atoms with Crippen molar-refractivity contribution in [2.75, 3.05) is 5.34 Å². The van der Waals surface area contributed by atoms with Crippen LogP contribution in [0.3, 0.4) is 0 Å². The molecule has 1 heterocycles. The van der Waals surface area contributed by atoms with Gasteiger partial charge in [-0.05, 0) is 32.9 Å². The largest absolute Gasteiger partial charge is 0.389 e. The number of hydrogen-bond acceptors (Lipinski definition) is 5. The summed E-state index contributed by atoms with van der Waals surface area (Å²) < 4.78 is 4.69. The lowest BCUT2D eigenvalue weighted by molar-refractivity contribution is -0.146. The van der Waals surface area contributed by atoms with Crippen LogP contribution in [-0.4, -0.2) is 22.3 Å². The number of carbonyl (C=O) groups is 2. The molecule has 0 amide bonds. The lowest BCUT2D eigenvalue weighted by Crippen LogP contribution is -2.25. The van der Waals surface area contributed by atoms with Crippen molar-refractivity contribution in [2.45, 2.75) is 20.8 Å². The van der Waals surface area contributed by atoms with Crippen molar-refractivity contribution in [1.82, 2.24) is 4.98 Å². The van der Waals surface area contributed by atoms with Gasteiger partial charge in [-0.25, -0.2) is 9.78 Å². The standard InChI is InChI=1S/C12H12N2O3.CH2Cl2/c1-12(2,3)11(16)17-10(15)8-4-5-14-9(6-8)7-13;2-1-3/h4-6H,1-3H3;1H2. The van der Waals surface area contributed by atoms with Crippen LogP contribution in [0.15, 0.2) is 18.3 Å². The maximum atomic E-state index is 11.6. The summed E-state index contributed by atoms with van der Waals surface area (Å²) in [5.41, 5.74) is -0.516. The third-order valence-electron chi connectivity index (χ3n) is 1.91. The van der Waals surface area contributed by atoms with E-state index in [1.54, 1.807) is 26.8 Å². The molecule has 20 heavy (non-hydrogen) atoms. The Hall–Kier alpha value is -1.64. The van der Waals surface area contributed by atoms with Crippen LogP contribution in [0, 0.1) is 16.7 Å². The Morgan fingerprint density at radius 3 is 2.40 bits per heavy atom. The molecule has 1 rings (SSSR count). The minimum Gasteiger partial charge on any atom is -0.389 e. The van der Waals surface area contributed by atoms with Crippen LogP contribution in [0.4, 0.5) is 0 Å². The molecule has 0 unspecified atom stereocenters. The van der Waals surface area contributed by atoms with E-state index in [1.165, 1.54) is 18.3 Å². The first-order valence-electron chi connectivity index (χ1n) is 5.51. The molecular weight excluding hydrogens is 303 g/mol. The van der Waals surface area contributed by atoms with Crippen molar-refractivity contribution in [3.63, 3.8) is 0 Å². The van der Waals surface area contributed by atoms with Crippen LogP contribution in [-0.2, 0) is 9.53 Å². The van der Waals surface area contributed by atoms with Gasteiger partial charge >= 0.3 is 11.9 Å². The number of halogens is 2. The third kappa shape index (κ3) is 6.50. The van der Waals surface area contributed by atoms with E-state index in [4.69, 9.17) is 28.5 Å². The van der Waals surface area contributed by atoms with Gasteiger partial charge in [0.2, 0.25) is 0 Å². The first-order valence-corrected chi connectivity index (χ1v) is 6.57. The fourth-order valence-corrected chi connectivity index (χ4v) is 0.915. The zero-order valence-electron chi connectivity index (χ0n) is 11.3. The highest BCUT2D eigenvalue weighted by Crippen LogP contribution is 2.16. The highest BCUT2D eigenvalue weighted by Gasteiger charge is 2.26. The number of carbonyl (C=O) groups excluding carboxylic acids is 2. The van der Waals surface area contributed by atoms with E-state index in [9.17, 15) is 9.59 Å². The average Bonchev–Trinajstić information content (AvgIpc) is 2.38. The van der Waals surface area contributed by atoms with Gasteiger partial charge in [0.1, 0.15) is 11.8 Å². The number of nitrogens with zero attached hydrogens (tertiary/aromatic N) is 2. The molecule has 0 saturated heterocycles. The number of aromatic nitrogens is 1. The fourth-order valence-electron chi connectivity index (χ4n) is 0.915. The fraction of sp³-hybridized carbons (Fsp3) is 0.385. The van der Waals surface area contributed by atoms with Gasteiger partial charge in [0.05, 0.1) is 16.3 Å². The van der Waals surface area contributed by atoms with Crippen molar-refractivity contribution in [3.8, 4) is 6.07 Å².